The van der Waals surface area contributed by atoms with Crippen molar-refractivity contribution >= 4 is 5.91 Å². The van der Waals surface area contributed by atoms with Gasteiger partial charge in [0.05, 0.1) is 20.8 Å². The molecule has 0 saturated carbocycles. The zero-order valence-electron chi connectivity index (χ0n) is 14.7. The van der Waals surface area contributed by atoms with Gasteiger partial charge >= 0.3 is 0 Å². The van der Waals surface area contributed by atoms with Crippen LogP contribution in [-0.2, 0) is 17.8 Å². The number of amides is 1. The Kier molecular flexibility index (Phi) is 6.28. The van der Waals surface area contributed by atoms with E-state index in [0.717, 1.165) is 43.0 Å². The van der Waals surface area contributed by atoms with Crippen LogP contribution in [0.1, 0.15) is 31.4 Å². The summed E-state index contributed by atoms with van der Waals surface area (Å²) >= 11 is 0. The number of carbonyl (C=O) groups excluding carboxylic acids is 1. The number of benzene rings is 1. The van der Waals surface area contributed by atoms with Crippen LogP contribution in [0.2, 0.25) is 0 Å². The Labute approximate surface area is 139 Å². The second-order valence-electron chi connectivity index (χ2n) is 6.51. The highest BCUT2D eigenvalue weighted by atomic mass is 16.5. The lowest BCUT2D eigenvalue weighted by molar-refractivity contribution is -0.645. The fourth-order valence-corrected chi connectivity index (χ4v) is 2.90. The molecule has 0 spiro atoms. The third-order valence-corrected chi connectivity index (χ3v) is 4.34. The molecule has 1 aliphatic heterocycles. The van der Waals surface area contributed by atoms with Gasteiger partial charge in [0.15, 0.2) is 18.0 Å². The smallest absolute Gasteiger partial charge is 0.277 e. The van der Waals surface area contributed by atoms with Crippen LogP contribution in [0, 0.1) is 5.92 Å². The Balaban J connectivity index is 1.95. The Morgan fingerprint density at radius 1 is 1.22 bits per heavy atom. The summed E-state index contributed by atoms with van der Waals surface area (Å²) in [5.74, 6) is 2.39. The quantitative estimate of drug-likeness (QED) is 0.768. The fraction of sp³-hybridized carbons (Fsp3) is 0.611. The molecular formula is C18H29N2O3+. The SMILES string of the molecule is COc1cc2c(cc1OC)CN(C(=O)C[NH2+]CCC(C)C)CC2. The van der Waals surface area contributed by atoms with E-state index in [0.29, 0.717) is 19.0 Å². The lowest BCUT2D eigenvalue weighted by Gasteiger charge is -2.29. The molecule has 1 aliphatic rings. The van der Waals surface area contributed by atoms with Gasteiger partial charge < -0.3 is 19.7 Å². The molecule has 0 saturated heterocycles. The van der Waals surface area contributed by atoms with E-state index in [9.17, 15) is 4.79 Å². The first-order chi connectivity index (χ1) is 11.0. The molecule has 5 heteroatoms. The van der Waals surface area contributed by atoms with Gasteiger partial charge in [-0.05, 0) is 42.0 Å². The number of methoxy groups -OCH3 is 2. The maximum Gasteiger partial charge on any atom is 0.277 e. The topological polar surface area (TPSA) is 55.4 Å². The summed E-state index contributed by atoms with van der Waals surface area (Å²) in [6.45, 7) is 7.40. The Morgan fingerprint density at radius 3 is 2.48 bits per heavy atom. The zero-order chi connectivity index (χ0) is 16.8. The number of nitrogens with two attached hydrogens (primary N) is 1. The Bertz CT molecular complexity index is 543. The van der Waals surface area contributed by atoms with Gasteiger partial charge in [-0.15, -0.1) is 0 Å². The number of nitrogens with zero attached hydrogens (tertiary/aromatic N) is 1. The Hall–Kier alpha value is -1.75. The van der Waals surface area contributed by atoms with Crippen molar-refractivity contribution in [3.8, 4) is 11.5 Å². The minimum atomic E-state index is 0.217. The lowest BCUT2D eigenvalue weighted by Crippen LogP contribution is -2.86. The molecule has 0 unspecified atom stereocenters. The van der Waals surface area contributed by atoms with Crippen LogP contribution in [-0.4, -0.2) is 44.7 Å². The number of hydrogen-bond acceptors (Lipinski definition) is 3. The molecule has 0 aromatic heterocycles. The molecule has 2 N–H and O–H groups in total. The molecule has 0 aliphatic carbocycles. The van der Waals surface area contributed by atoms with Crippen molar-refractivity contribution < 1.29 is 19.6 Å². The second kappa shape index (κ2) is 8.20. The van der Waals surface area contributed by atoms with E-state index >= 15 is 0 Å². The molecule has 5 nitrogen and oxygen atoms in total. The van der Waals surface area contributed by atoms with Gasteiger partial charge in [0, 0.05) is 13.1 Å². The number of rotatable bonds is 7. The molecule has 128 valence electrons. The molecule has 2 rings (SSSR count). The van der Waals surface area contributed by atoms with Crippen molar-refractivity contribution in [3.63, 3.8) is 0 Å². The van der Waals surface area contributed by atoms with Crippen molar-refractivity contribution in [2.75, 3.05) is 33.9 Å². The summed E-state index contributed by atoms with van der Waals surface area (Å²) in [5.41, 5.74) is 2.40. The third kappa shape index (κ3) is 4.61. The predicted octanol–water partition coefficient (Wildman–Crippen LogP) is 1.20. The lowest BCUT2D eigenvalue weighted by atomic mass is 9.98. The van der Waals surface area contributed by atoms with E-state index in [1.165, 1.54) is 5.56 Å². The summed E-state index contributed by atoms with van der Waals surface area (Å²) in [5, 5.41) is 2.12. The first-order valence-corrected chi connectivity index (χ1v) is 8.38. The van der Waals surface area contributed by atoms with E-state index in [1.807, 2.05) is 17.0 Å². The monoisotopic (exact) mass is 321 g/mol. The van der Waals surface area contributed by atoms with Gasteiger partial charge in [-0.25, -0.2) is 0 Å². The number of quaternary nitrogens is 1. The van der Waals surface area contributed by atoms with E-state index in [4.69, 9.17) is 9.47 Å². The van der Waals surface area contributed by atoms with Crippen molar-refractivity contribution in [1.82, 2.24) is 4.90 Å². The van der Waals surface area contributed by atoms with Crippen LogP contribution in [0.25, 0.3) is 0 Å². The first-order valence-electron chi connectivity index (χ1n) is 8.38. The molecule has 23 heavy (non-hydrogen) atoms. The fourth-order valence-electron chi connectivity index (χ4n) is 2.90. The van der Waals surface area contributed by atoms with Crippen molar-refractivity contribution in [1.29, 1.82) is 0 Å². The van der Waals surface area contributed by atoms with Crippen LogP contribution >= 0.6 is 0 Å². The molecule has 1 heterocycles. The molecule has 0 radical (unpaired) electrons. The highest BCUT2D eigenvalue weighted by Gasteiger charge is 2.23. The summed E-state index contributed by atoms with van der Waals surface area (Å²) < 4.78 is 10.7. The van der Waals surface area contributed by atoms with Crippen molar-refractivity contribution in [2.45, 2.75) is 33.2 Å². The summed E-state index contributed by atoms with van der Waals surface area (Å²) in [6, 6.07) is 4.03. The van der Waals surface area contributed by atoms with E-state index in [1.54, 1.807) is 14.2 Å². The number of fused-ring (bicyclic) bond motifs is 1. The zero-order valence-corrected chi connectivity index (χ0v) is 14.7. The number of hydrogen-bond donors (Lipinski definition) is 1. The summed E-state index contributed by atoms with van der Waals surface area (Å²) in [6.07, 6.45) is 2.01. The van der Waals surface area contributed by atoms with Crippen LogP contribution in [0.5, 0.6) is 11.5 Å². The number of carbonyl (C=O) groups is 1. The molecule has 0 atom stereocenters. The molecule has 1 aromatic carbocycles. The van der Waals surface area contributed by atoms with Gasteiger partial charge in [-0.3, -0.25) is 4.79 Å². The van der Waals surface area contributed by atoms with Gasteiger partial charge in [-0.1, -0.05) is 13.8 Å². The summed E-state index contributed by atoms with van der Waals surface area (Å²) in [4.78, 5) is 14.3. The van der Waals surface area contributed by atoms with Crippen LogP contribution in [0.3, 0.4) is 0 Å². The standard InChI is InChI=1S/C18H28N2O3/c1-13(2)5-7-19-11-18(21)20-8-6-14-9-16(22-3)17(23-4)10-15(14)12-20/h9-10,13,19H,5-8,11-12H2,1-4H3/p+1. The molecule has 1 amide bonds. The van der Waals surface area contributed by atoms with E-state index < -0.39 is 0 Å². The normalized spacial score (nSPS) is 13.9. The maximum absolute atomic E-state index is 12.4. The van der Waals surface area contributed by atoms with Gasteiger partial charge in [0.1, 0.15) is 0 Å². The van der Waals surface area contributed by atoms with Gasteiger partial charge in [0.2, 0.25) is 0 Å². The Morgan fingerprint density at radius 2 is 1.87 bits per heavy atom. The van der Waals surface area contributed by atoms with Crippen LogP contribution < -0.4 is 14.8 Å². The minimum absolute atomic E-state index is 0.217. The van der Waals surface area contributed by atoms with E-state index in [-0.39, 0.29) is 5.91 Å². The average Bonchev–Trinajstić information content (AvgIpc) is 2.56. The number of ether oxygens (including phenoxy) is 2. The molecule has 1 aromatic rings. The third-order valence-electron chi connectivity index (χ3n) is 4.34. The second-order valence-corrected chi connectivity index (χ2v) is 6.51. The van der Waals surface area contributed by atoms with Gasteiger partial charge in [-0.2, -0.15) is 0 Å². The molecular weight excluding hydrogens is 292 g/mol. The van der Waals surface area contributed by atoms with Gasteiger partial charge in [0.25, 0.3) is 5.91 Å². The van der Waals surface area contributed by atoms with Crippen molar-refractivity contribution in [2.24, 2.45) is 5.92 Å². The highest BCUT2D eigenvalue weighted by Crippen LogP contribution is 2.33. The van der Waals surface area contributed by atoms with Crippen LogP contribution in [0.15, 0.2) is 12.1 Å². The molecule has 0 fully saturated rings. The average molecular weight is 321 g/mol. The van der Waals surface area contributed by atoms with Crippen LogP contribution in [0.4, 0.5) is 0 Å². The van der Waals surface area contributed by atoms with Crippen molar-refractivity contribution in [3.05, 3.63) is 23.3 Å². The first kappa shape index (κ1) is 17.6. The maximum atomic E-state index is 12.4. The largest absolute Gasteiger partial charge is 0.493 e. The predicted molar refractivity (Wildman–Crippen MR) is 89.8 cm³/mol. The molecule has 0 bridgehead atoms. The summed E-state index contributed by atoms with van der Waals surface area (Å²) in [7, 11) is 3.29. The minimum Gasteiger partial charge on any atom is -0.493 e. The highest BCUT2D eigenvalue weighted by molar-refractivity contribution is 5.77. The van der Waals surface area contributed by atoms with E-state index in [2.05, 4.69) is 19.2 Å².